The second-order valence-electron chi connectivity index (χ2n) is 7.99. The Morgan fingerprint density at radius 3 is 2.73 bits per heavy atom. The first-order valence-electron chi connectivity index (χ1n) is 9.91. The number of aromatic nitrogens is 3. The average molecular weight is 427 g/mol. The number of aryl methyl sites for hydroxylation is 1. The van der Waals surface area contributed by atoms with Gasteiger partial charge in [-0.05, 0) is 56.4 Å². The van der Waals surface area contributed by atoms with Gasteiger partial charge >= 0.3 is 5.97 Å². The number of hydrogen-bond acceptors (Lipinski definition) is 5. The molecule has 1 aliphatic carbocycles. The van der Waals surface area contributed by atoms with Gasteiger partial charge in [-0.3, -0.25) is 9.36 Å². The van der Waals surface area contributed by atoms with E-state index in [1.54, 1.807) is 23.7 Å². The molecule has 156 valence electrons. The van der Waals surface area contributed by atoms with Gasteiger partial charge in [0.05, 0.1) is 22.6 Å². The van der Waals surface area contributed by atoms with Gasteiger partial charge in [-0.15, -0.1) is 0 Å². The van der Waals surface area contributed by atoms with Crippen molar-refractivity contribution in [1.82, 2.24) is 14.5 Å². The van der Waals surface area contributed by atoms with Crippen LogP contribution in [-0.2, 0) is 13.5 Å². The molecule has 4 rings (SSSR count). The van der Waals surface area contributed by atoms with Crippen molar-refractivity contribution in [2.45, 2.75) is 39.2 Å². The van der Waals surface area contributed by atoms with Crippen LogP contribution in [0.15, 0.2) is 29.1 Å². The first-order valence-corrected chi connectivity index (χ1v) is 10.3. The highest BCUT2D eigenvalue weighted by Crippen LogP contribution is 2.33. The van der Waals surface area contributed by atoms with E-state index < -0.39 is 5.97 Å². The summed E-state index contributed by atoms with van der Waals surface area (Å²) in [5, 5.41) is 13.4. The number of pyridine rings is 1. The highest BCUT2D eigenvalue weighted by Gasteiger charge is 2.25. The number of rotatable bonds is 6. The minimum absolute atomic E-state index is 0.0628. The van der Waals surface area contributed by atoms with E-state index in [1.807, 2.05) is 26.0 Å². The van der Waals surface area contributed by atoms with E-state index >= 15 is 0 Å². The van der Waals surface area contributed by atoms with Gasteiger partial charge in [0.1, 0.15) is 11.0 Å². The lowest BCUT2D eigenvalue weighted by atomic mass is 10.0. The predicted molar refractivity (Wildman–Crippen MR) is 116 cm³/mol. The molecule has 1 fully saturated rings. The highest BCUT2D eigenvalue weighted by molar-refractivity contribution is 6.29. The van der Waals surface area contributed by atoms with Crippen molar-refractivity contribution in [3.05, 3.63) is 62.4 Å². The van der Waals surface area contributed by atoms with Crippen molar-refractivity contribution in [2.75, 3.05) is 5.32 Å². The van der Waals surface area contributed by atoms with E-state index in [9.17, 15) is 14.7 Å². The highest BCUT2D eigenvalue weighted by atomic mass is 35.5. The molecule has 2 aromatic heterocycles. The number of anilines is 1. The standard InChI is InChI=1S/C22H23ClN4O3/c1-11-8-14(12(2)24-16-6-7-17(23)25-20(16)22(29)30)19-15(9-11)21(28)27(3)18(26-19)10-13-4-5-13/h6-9,12-13,24H,4-5,10H2,1-3H3,(H,29,30). The lowest BCUT2D eigenvalue weighted by Crippen LogP contribution is -2.24. The zero-order chi connectivity index (χ0) is 21.6. The Bertz CT molecular complexity index is 1220. The average Bonchev–Trinajstić information content (AvgIpc) is 3.51. The zero-order valence-electron chi connectivity index (χ0n) is 17.1. The van der Waals surface area contributed by atoms with Crippen LogP contribution in [-0.4, -0.2) is 25.6 Å². The summed E-state index contributed by atoms with van der Waals surface area (Å²) >= 11 is 5.86. The van der Waals surface area contributed by atoms with Crippen molar-refractivity contribution in [3.63, 3.8) is 0 Å². The van der Waals surface area contributed by atoms with Crippen LogP contribution in [0.1, 0.15) is 53.2 Å². The molecule has 1 unspecified atom stereocenters. The summed E-state index contributed by atoms with van der Waals surface area (Å²) in [7, 11) is 1.77. The van der Waals surface area contributed by atoms with Gasteiger partial charge < -0.3 is 10.4 Å². The predicted octanol–water partition coefficient (Wildman–Crippen LogP) is 4.11. The molecular weight excluding hydrogens is 404 g/mol. The smallest absolute Gasteiger partial charge is 0.356 e. The van der Waals surface area contributed by atoms with Crippen LogP contribution in [0, 0.1) is 12.8 Å². The molecule has 1 aliphatic rings. The Labute approximate surface area is 178 Å². The van der Waals surface area contributed by atoms with Gasteiger partial charge in [-0.2, -0.15) is 0 Å². The Morgan fingerprint density at radius 2 is 2.07 bits per heavy atom. The third-order valence-electron chi connectivity index (χ3n) is 5.52. The topological polar surface area (TPSA) is 97.1 Å². The molecule has 0 bridgehead atoms. The van der Waals surface area contributed by atoms with Crippen LogP contribution < -0.4 is 10.9 Å². The second kappa shape index (κ2) is 7.72. The number of carboxylic acids is 1. The van der Waals surface area contributed by atoms with Gasteiger partial charge in [-0.1, -0.05) is 17.7 Å². The quantitative estimate of drug-likeness (QED) is 0.575. The van der Waals surface area contributed by atoms with E-state index in [-0.39, 0.29) is 22.4 Å². The summed E-state index contributed by atoms with van der Waals surface area (Å²) in [6.45, 7) is 3.84. The SMILES string of the molecule is Cc1cc(C(C)Nc2ccc(Cl)nc2C(=O)O)c2nc(CC3CC3)n(C)c(=O)c2c1. The molecule has 1 aromatic carbocycles. The summed E-state index contributed by atoms with van der Waals surface area (Å²) in [6.07, 6.45) is 3.14. The van der Waals surface area contributed by atoms with Crippen molar-refractivity contribution >= 4 is 34.2 Å². The Hall–Kier alpha value is -2.93. The number of fused-ring (bicyclic) bond motifs is 1. The molecule has 30 heavy (non-hydrogen) atoms. The van der Waals surface area contributed by atoms with E-state index in [0.717, 1.165) is 23.4 Å². The number of carbonyl (C=O) groups is 1. The number of benzene rings is 1. The molecular formula is C22H23ClN4O3. The fraction of sp³-hybridized carbons (Fsp3) is 0.364. The monoisotopic (exact) mass is 426 g/mol. The van der Waals surface area contributed by atoms with Crippen molar-refractivity contribution in [2.24, 2.45) is 13.0 Å². The fourth-order valence-corrected chi connectivity index (χ4v) is 3.86. The van der Waals surface area contributed by atoms with E-state index in [1.165, 1.54) is 12.8 Å². The Morgan fingerprint density at radius 1 is 1.33 bits per heavy atom. The molecule has 0 saturated heterocycles. The summed E-state index contributed by atoms with van der Waals surface area (Å²) in [5.41, 5.74) is 2.57. The third-order valence-corrected chi connectivity index (χ3v) is 5.73. The molecule has 2 N–H and O–H groups in total. The summed E-state index contributed by atoms with van der Waals surface area (Å²) in [5.74, 6) is 0.218. The van der Waals surface area contributed by atoms with Gasteiger partial charge in [0.25, 0.3) is 5.56 Å². The largest absolute Gasteiger partial charge is 0.476 e. The second-order valence-corrected chi connectivity index (χ2v) is 8.38. The molecule has 0 aliphatic heterocycles. The van der Waals surface area contributed by atoms with Gasteiger partial charge in [-0.25, -0.2) is 14.8 Å². The minimum Gasteiger partial charge on any atom is -0.476 e. The van der Waals surface area contributed by atoms with Gasteiger partial charge in [0.15, 0.2) is 5.69 Å². The van der Waals surface area contributed by atoms with Crippen LogP contribution in [0.5, 0.6) is 0 Å². The normalized spacial score (nSPS) is 14.7. The van der Waals surface area contributed by atoms with Crippen molar-refractivity contribution in [1.29, 1.82) is 0 Å². The zero-order valence-corrected chi connectivity index (χ0v) is 17.8. The lowest BCUT2D eigenvalue weighted by Gasteiger charge is -2.20. The van der Waals surface area contributed by atoms with E-state index in [0.29, 0.717) is 22.5 Å². The third kappa shape index (κ3) is 3.89. The van der Waals surface area contributed by atoms with E-state index in [2.05, 4.69) is 10.3 Å². The number of carboxylic acid groups (broad SMARTS) is 1. The lowest BCUT2D eigenvalue weighted by molar-refractivity contribution is 0.0691. The molecule has 1 atom stereocenters. The summed E-state index contributed by atoms with van der Waals surface area (Å²) in [4.78, 5) is 33.4. The number of nitrogens with one attached hydrogen (secondary N) is 1. The van der Waals surface area contributed by atoms with Crippen molar-refractivity contribution < 1.29 is 9.90 Å². The maximum absolute atomic E-state index is 13.0. The van der Waals surface area contributed by atoms with Crippen LogP contribution in [0.2, 0.25) is 5.15 Å². The number of aromatic carboxylic acids is 1. The fourth-order valence-electron chi connectivity index (χ4n) is 3.72. The molecule has 7 nitrogen and oxygen atoms in total. The number of hydrogen-bond donors (Lipinski definition) is 2. The molecule has 2 heterocycles. The molecule has 0 spiro atoms. The van der Waals surface area contributed by atoms with Crippen LogP contribution in [0.3, 0.4) is 0 Å². The van der Waals surface area contributed by atoms with Gasteiger partial charge in [0.2, 0.25) is 0 Å². The Balaban J connectivity index is 1.81. The summed E-state index contributed by atoms with van der Waals surface area (Å²) < 4.78 is 1.65. The molecule has 8 heteroatoms. The molecule has 1 saturated carbocycles. The first-order chi connectivity index (χ1) is 14.2. The summed E-state index contributed by atoms with van der Waals surface area (Å²) in [6, 6.07) is 6.67. The number of nitrogens with zero attached hydrogens (tertiary/aromatic N) is 3. The van der Waals surface area contributed by atoms with Crippen LogP contribution in [0.4, 0.5) is 5.69 Å². The van der Waals surface area contributed by atoms with Gasteiger partial charge in [0, 0.05) is 19.0 Å². The van der Waals surface area contributed by atoms with Crippen LogP contribution >= 0.6 is 11.6 Å². The van der Waals surface area contributed by atoms with E-state index in [4.69, 9.17) is 16.6 Å². The minimum atomic E-state index is -1.17. The first kappa shape index (κ1) is 20.3. The number of halogens is 1. The Kier molecular flexibility index (Phi) is 5.24. The van der Waals surface area contributed by atoms with Crippen LogP contribution in [0.25, 0.3) is 10.9 Å². The molecule has 0 amide bonds. The molecule has 3 aromatic rings. The maximum Gasteiger partial charge on any atom is 0.356 e. The maximum atomic E-state index is 13.0. The molecule has 0 radical (unpaired) electrons. The van der Waals surface area contributed by atoms with Crippen molar-refractivity contribution in [3.8, 4) is 0 Å².